The highest BCUT2D eigenvalue weighted by atomic mass is 16.5. The zero-order valence-electron chi connectivity index (χ0n) is 14.7. The van der Waals surface area contributed by atoms with Gasteiger partial charge in [0.05, 0.1) is 0 Å². The summed E-state index contributed by atoms with van der Waals surface area (Å²) in [6.07, 6.45) is 5.57. The highest BCUT2D eigenvalue weighted by molar-refractivity contribution is 5.72. The summed E-state index contributed by atoms with van der Waals surface area (Å²) in [5.41, 5.74) is 5.49. The predicted octanol–water partition coefficient (Wildman–Crippen LogP) is 6.04. The zero-order valence-corrected chi connectivity index (χ0v) is 14.7. The van der Waals surface area contributed by atoms with Crippen LogP contribution in [0.25, 0.3) is 11.1 Å². The van der Waals surface area contributed by atoms with Crippen molar-refractivity contribution >= 4 is 0 Å². The Hall–Kier alpha value is -2.98. The maximum absolute atomic E-state index is 6.12. The van der Waals surface area contributed by atoms with Crippen molar-refractivity contribution < 1.29 is 4.74 Å². The monoisotopic (exact) mass is 326 g/mol. The van der Waals surface area contributed by atoms with E-state index in [1.54, 1.807) is 0 Å². The van der Waals surface area contributed by atoms with Gasteiger partial charge in [-0.15, -0.1) is 6.42 Å². The molecule has 0 atom stereocenters. The van der Waals surface area contributed by atoms with Gasteiger partial charge in [0.2, 0.25) is 0 Å². The largest absolute Gasteiger partial charge is 0.488 e. The van der Waals surface area contributed by atoms with Gasteiger partial charge in [0.25, 0.3) is 0 Å². The molecule has 0 aliphatic heterocycles. The maximum atomic E-state index is 6.12. The molecule has 0 spiro atoms. The van der Waals surface area contributed by atoms with Crippen molar-refractivity contribution in [3.63, 3.8) is 0 Å². The Bertz CT molecular complexity index is 885. The van der Waals surface area contributed by atoms with E-state index in [0.29, 0.717) is 12.5 Å². The average Bonchev–Trinajstić information content (AvgIpc) is 2.67. The number of terminal acetylenes is 1. The highest BCUT2D eigenvalue weighted by Crippen LogP contribution is 2.33. The Morgan fingerprint density at radius 3 is 2.44 bits per heavy atom. The average molecular weight is 326 g/mol. The molecule has 3 rings (SSSR count). The van der Waals surface area contributed by atoms with Crippen LogP contribution >= 0.6 is 0 Å². The fraction of sp³-hybridized carbons (Fsp3) is 0.167. The normalized spacial score (nSPS) is 10.5. The van der Waals surface area contributed by atoms with Gasteiger partial charge in [-0.1, -0.05) is 74.4 Å². The van der Waals surface area contributed by atoms with E-state index in [9.17, 15) is 0 Å². The molecule has 0 unspecified atom stereocenters. The van der Waals surface area contributed by atoms with Crippen LogP contribution in [0.15, 0.2) is 72.8 Å². The Balaban J connectivity index is 1.96. The van der Waals surface area contributed by atoms with Gasteiger partial charge >= 0.3 is 0 Å². The van der Waals surface area contributed by atoms with Crippen molar-refractivity contribution in [2.75, 3.05) is 0 Å². The van der Waals surface area contributed by atoms with E-state index in [1.807, 2.05) is 30.3 Å². The van der Waals surface area contributed by atoms with Crippen LogP contribution in [0.5, 0.6) is 5.75 Å². The van der Waals surface area contributed by atoms with Crippen molar-refractivity contribution in [2.24, 2.45) is 0 Å². The van der Waals surface area contributed by atoms with E-state index in [-0.39, 0.29) is 0 Å². The van der Waals surface area contributed by atoms with Gasteiger partial charge in [-0.3, -0.25) is 0 Å². The molecule has 0 aromatic heterocycles. The molecule has 0 amide bonds. The van der Waals surface area contributed by atoms with Crippen molar-refractivity contribution in [3.8, 4) is 29.2 Å². The maximum Gasteiger partial charge on any atom is 0.128 e. The quantitative estimate of drug-likeness (QED) is 0.520. The highest BCUT2D eigenvalue weighted by Gasteiger charge is 2.10. The van der Waals surface area contributed by atoms with Crippen LogP contribution in [-0.4, -0.2) is 0 Å². The van der Waals surface area contributed by atoms with Gasteiger partial charge in [0, 0.05) is 11.1 Å². The van der Waals surface area contributed by atoms with Crippen LogP contribution in [0, 0.1) is 12.3 Å². The molecule has 3 aromatic carbocycles. The molecular weight excluding hydrogens is 304 g/mol. The van der Waals surface area contributed by atoms with E-state index in [0.717, 1.165) is 28.0 Å². The summed E-state index contributed by atoms with van der Waals surface area (Å²) in [5, 5.41) is 0. The van der Waals surface area contributed by atoms with Crippen LogP contribution in [0.3, 0.4) is 0 Å². The summed E-state index contributed by atoms with van der Waals surface area (Å²) in [7, 11) is 0. The van der Waals surface area contributed by atoms with Crippen molar-refractivity contribution in [3.05, 3.63) is 89.5 Å². The van der Waals surface area contributed by atoms with E-state index in [1.165, 1.54) is 5.56 Å². The van der Waals surface area contributed by atoms with E-state index >= 15 is 0 Å². The van der Waals surface area contributed by atoms with Gasteiger partial charge in [-0.05, 0) is 40.8 Å². The van der Waals surface area contributed by atoms with Crippen LogP contribution in [0.2, 0.25) is 0 Å². The molecule has 1 nitrogen and oxygen atoms in total. The number of benzene rings is 3. The molecule has 0 heterocycles. The second-order valence-corrected chi connectivity index (χ2v) is 6.41. The van der Waals surface area contributed by atoms with Gasteiger partial charge in [-0.25, -0.2) is 0 Å². The molecule has 0 radical (unpaired) electrons. The molecule has 3 aromatic rings. The first kappa shape index (κ1) is 16.9. The SMILES string of the molecule is C#Cc1ccc(-c2cccc(C(C)C)c2)c(OCc2ccccc2)c1. The standard InChI is InChI=1S/C24H22O/c1-4-19-13-14-23(22-12-8-11-21(16-22)18(2)3)24(15-19)25-17-20-9-6-5-7-10-20/h1,5-16,18H,17H2,2-3H3. The third-order valence-electron chi connectivity index (χ3n) is 4.25. The zero-order chi connectivity index (χ0) is 17.6. The second-order valence-electron chi connectivity index (χ2n) is 6.41. The molecule has 0 bridgehead atoms. The predicted molar refractivity (Wildman–Crippen MR) is 105 cm³/mol. The lowest BCUT2D eigenvalue weighted by Crippen LogP contribution is -1.98. The Morgan fingerprint density at radius 1 is 0.920 bits per heavy atom. The number of rotatable bonds is 5. The lowest BCUT2D eigenvalue weighted by atomic mass is 9.96. The van der Waals surface area contributed by atoms with Crippen LogP contribution in [0.1, 0.15) is 36.5 Å². The van der Waals surface area contributed by atoms with Crippen molar-refractivity contribution in [2.45, 2.75) is 26.4 Å². The molecule has 1 heteroatoms. The summed E-state index contributed by atoms with van der Waals surface area (Å²) in [5.74, 6) is 4.00. The minimum absolute atomic E-state index is 0.485. The summed E-state index contributed by atoms with van der Waals surface area (Å²) < 4.78 is 6.12. The number of hydrogen-bond acceptors (Lipinski definition) is 1. The molecule has 0 aliphatic carbocycles. The lowest BCUT2D eigenvalue weighted by Gasteiger charge is -2.14. The summed E-state index contributed by atoms with van der Waals surface area (Å²) >= 11 is 0. The molecule has 0 saturated heterocycles. The van der Waals surface area contributed by atoms with Gasteiger partial charge in [0.1, 0.15) is 12.4 Å². The number of ether oxygens (including phenoxy) is 1. The minimum atomic E-state index is 0.485. The smallest absolute Gasteiger partial charge is 0.128 e. The molecule has 0 saturated carbocycles. The van der Waals surface area contributed by atoms with Crippen molar-refractivity contribution in [1.82, 2.24) is 0 Å². The van der Waals surface area contributed by atoms with Crippen LogP contribution in [-0.2, 0) is 6.61 Å². The minimum Gasteiger partial charge on any atom is -0.488 e. The Morgan fingerprint density at radius 2 is 1.72 bits per heavy atom. The van der Waals surface area contributed by atoms with E-state index in [2.05, 4.69) is 62.2 Å². The van der Waals surface area contributed by atoms with Gasteiger partial charge in [0.15, 0.2) is 0 Å². The van der Waals surface area contributed by atoms with E-state index in [4.69, 9.17) is 11.2 Å². The topological polar surface area (TPSA) is 9.23 Å². The lowest BCUT2D eigenvalue weighted by molar-refractivity contribution is 0.307. The van der Waals surface area contributed by atoms with E-state index < -0.39 is 0 Å². The fourth-order valence-corrected chi connectivity index (χ4v) is 2.77. The number of hydrogen-bond donors (Lipinski definition) is 0. The first-order valence-corrected chi connectivity index (χ1v) is 8.55. The first-order valence-electron chi connectivity index (χ1n) is 8.55. The molecular formula is C24H22O. The molecule has 0 fully saturated rings. The fourth-order valence-electron chi connectivity index (χ4n) is 2.77. The summed E-state index contributed by atoms with van der Waals surface area (Å²) in [6, 6.07) is 24.7. The molecule has 0 N–H and O–H groups in total. The van der Waals surface area contributed by atoms with Crippen LogP contribution < -0.4 is 4.74 Å². The third-order valence-corrected chi connectivity index (χ3v) is 4.25. The second kappa shape index (κ2) is 7.73. The molecule has 25 heavy (non-hydrogen) atoms. The van der Waals surface area contributed by atoms with Crippen LogP contribution in [0.4, 0.5) is 0 Å². The first-order chi connectivity index (χ1) is 12.2. The summed E-state index contributed by atoms with van der Waals surface area (Å²) in [6.45, 7) is 4.92. The summed E-state index contributed by atoms with van der Waals surface area (Å²) in [4.78, 5) is 0. The Labute approximate surface area is 150 Å². The van der Waals surface area contributed by atoms with Gasteiger partial charge in [-0.2, -0.15) is 0 Å². The molecule has 0 aliphatic rings. The third kappa shape index (κ3) is 4.11. The molecule has 124 valence electrons. The van der Waals surface area contributed by atoms with Gasteiger partial charge < -0.3 is 4.74 Å². The van der Waals surface area contributed by atoms with Crippen molar-refractivity contribution in [1.29, 1.82) is 0 Å². The Kier molecular flexibility index (Phi) is 5.21.